The molecule has 142 valence electrons. The third-order valence-corrected chi connectivity index (χ3v) is 5.37. The van der Waals surface area contributed by atoms with E-state index in [0.717, 1.165) is 30.8 Å². The van der Waals surface area contributed by atoms with Gasteiger partial charge in [0.2, 0.25) is 11.9 Å². The van der Waals surface area contributed by atoms with Crippen molar-refractivity contribution in [3.05, 3.63) is 46.2 Å². The van der Waals surface area contributed by atoms with E-state index in [1.807, 2.05) is 17.0 Å². The van der Waals surface area contributed by atoms with Crippen LogP contribution in [0.2, 0.25) is 10.0 Å². The average molecular weight is 426 g/mol. The Morgan fingerprint density at radius 2 is 1.81 bits per heavy atom. The number of amides is 2. The largest absolute Gasteiger partial charge is 0.341 e. The van der Waals surface area contributed by atoms with Crippen LogP contribution in [0.4, 0.5) is 5.95 Å². The number of rotatable bonds is 5. The molecule has 0 radical (unpaired) electrons. The number of hydrazine groups is 1. The van der Waals surface area contributed by atoms with Gasteiger partial charge < -0.3 is 4.90 Å². The second-order valence-electron chi connectivity index (χ2n) is 5.81. The Morgan fingerprint density at radius 3 is 2.52 bits per heavy atom. The summed E-state index contributed by atoms with van der Waals surface area (Å²) < 4.78 is 0. The van der Waals surface area contributed by atoms with Crippen LogP contribution in [0.5, 0.6) is 0 Å². The first-order chi connectivity index (χ1) is 13.0. The van der Waals surface area contributed by atoms with Crippen LogP contribution in [0.15, 0.2) is 35.4 Å². The highest BCUT2D eigenvalue weighted by Crippen LogP contribution is 2.21. The molecule has 0 aliphatic carbocycles. The van der Waals surface area contributed by atoms with E-state index in [9.17, 15) is 9.59 Å². The summed E-state index contributed by atoms with van der Waals surface area (Å²) in [5, 5.41) is 0.756. The molecule has 0 spiro atoms. The lowest BCUT2D eigenvalue weighted by atomic mass is 10.4. The lowest BCUT2D eigenvalue weighted by molar-refractivity contribution is -0.119. The number of aromatic nitrogens is 2. The standard InChI is InChI=1S/C17H17Cl2N5O2S/c18-11-3-5-12(6-4-11)27-10-14(25)22-23-16(26)15-13(19)9-20-17(21-15)24-7-1-2-8-24/h3-6,9H,1-2,7-8,10H2,(H,22,25)(H,23,26). The van der Waals surface area contributed by atoms with E-state index in [1.54, 1.807) is 12.1 Å². The summed E-state index contributed by atoms with van der Waals surface area (Å²) in [7, 11) is 0. The van der Waals surface area contributed by atoms with Crippen LogP contribution in [0.1, 0.15) is 23.3 Å². The number of carbonyl (C=O) groups excluding carboxylic acids is 2. The second kappa shape index (κ2) is 9.25. The lowest BCUT2D eigenvalue weighted by Gasteiger charge is -2.16. The summed E-state index contributed by atoms with van der Waals surface area (Å²) in [4.78, 5) is 35.5. The molecule has 1 fully saturated rings. The zero-order valence-electron chi connectivity index (χ0n) is 14.2. The number of nitrogens with zero attached hydrogens (tertiary/aromatic N) is 3. The van der Waals surface area contributed by atoms with Crippen LogP contribution in [0.25, 0.3) is 0 Å². The van der Waals surface area contributed by atoms with E-state index >= 15 is 0 Å². The molecule has 2 aromatic rings. The zero-order chi connectivity index (χ0) is 19.2. The van der Waals surface area contributed by atoms with Gasteiger partial charge in [0.15, 0.2) is 5.69 Å². The van der Waals surface area contributed by atoms with Gasteiger partial charge in [0.05, 0.1) is 17.0 Å². The van der Waals surface area contributed by atoms with Gasteiger partial charge in [-0.1, -0.05) is 23.2 Å². The Morgan fingerprint density at radius 1 is 1.11 bits per heavy atom. The molecular formula is C17H17Cl2N5O2S. The van der Waals surface area contributed by atoms with Crippen LogP contribution in [0, 0.1) is 0 Å². The van der Waals surface area contributed by atoms with Crippen molar-refractivity contribution in [1.82, 2.24) is 20.8 Å². The minimum Gasteiger partial charge on any atom is -0.341 e. The molecule has 10 heteroatoms. The molecule has 0 unspecified atom stereocenters. The van der Waals surface area contributed by atoms with E-state index in [0.29, 0.717) is 11.0 Å². The number of benzene rings is 1. The number of hydrogen-bond donors (Lipinski definition) is 2. The maximum absolute atomic E-state index is 12.3. The summed E-state index contributed by atoms with van der Waals surface area (Å²) in [5.74, 6) is -0.342. The predicted molar refractivity (Wildman–Crippen MR) is 106 cm³/mol. The highest BCUT2D eigenvalue weighted by atomic mass is 35.5. The maximum atomic E-state index is 12.3. The summed E-state index contributed by atoms with van der Waals surface area (Å²) in [6.07, 6.45) is 3.53. The Bertz CT molecular complexity index is 829. The molecule has 1 saturated heterocycles. The smallest absolute Gasteiger partial charge is 0.290 e. The molecular weight excluding hydrogens is 409 g/mol. The van der Waals surface area contributed by atoms with Gasteiger partial charge in [0.1, 0.15) is 0 Å². The van der Waals surface area contributed by atoms with Crippen molar-refractivity contribution >= 4 is 52.7 Å². The molecule has 1 aliphatic heterocycles. The van der Waals surface area contributed by atoms with Gasteiger partial charge in [-0.05, 0) is 37.1 Å². The average Bonchev–Trinajstić information content (AvgIpc) is 3.21. The first-order valence-electron chi connectivity index (χ1n) is 8.28. The van der Waals surface area contributed by atoms with Crippen molar-refractivity contribution in [2.45, 2.75) is 17.7 Å². The van der Waals surface area contributed by atoms with E-state index in [1.165, 1.54) is 18.0 Å². The van der Waals surface area contributed by atoms with Crippen LogP contribution in [0.3, 0.4) is 0 Å². The van der Waals surface area contributed by atoms with Gasteiger partial charge in [0.25, 0.3) is 5.91 Å². The number of hydrogen-bond acceptors (Lipinski definition) is 6. The van der Waals surface area contributed by atoms with E-state index < -0.39 is 5.91 Å². The van der Waals surface area contributed by atoms with E-state index in [2.05, 4.69) is 20.8 Å². The molecule has 0 bridgehead atoms. The first-order valence-corrected chi connectivity index (χ1v) is 10.0. The summed E-state index contributed by atoms with van der Waals surface area (Å²) in [6, 6.07) is 7.14. The van der Waals surface area contributed by atoms with Crippen LogP contribution in [-0.4, -0.2) is 40.6 Å². The number of halogens is 2. The summed E-state index contributed by atoms with van der Waals surface area (Å²) >= 11 is 13.2. The van der Waals surface area contributed by atoms with Crippen molar-refractivity contribution in [3.8, 4) is 0 Å². The van der Waals surface area contributed by atoms with Gasteiger partial charge in [-0.3, -0.25) is 20.4 Å². The van der Waals surface area contributed by atoms with Crippen molar-refractivity contribution < 1.29 is 9.59 Å². The molecule has 1 aromatic heterocycles. The van der Waals surface area contributed by atoms with Gasteiger partial charge in [0, 0.05) is 23.0 Å². The molecule has 2 heterocycles. The van der Waals surface area contributed by atoms with Crippen LogP contribution >= 0.6 is 35.0 Å². The van der Waals surface area contributed by atoms with Gasteiger partial charge in [-0.25, -0.2) is 9.97 Å². The molecule has 7 nitrogen and oxygen atoms in total. The fraction of sp³-hybridized carbons (Fsp3) is 0.294. The second-order valence-corrected chi connectivity index (χ2v) is 7.70. The van der Waals surface area contributed by atoms with Gasteiger partial charge in [-0.2, -0.15) is 0 Å². The van der Waals surface area contributed by atoms with Crippen molar-refractivity contribution in [2.75, 3.05) is 23.7 Å². The Kier molecular flexibility index (Phi) is 6.76. The predicted octanol–water partition coefficient (Wildman–Crippen LogP) is 2.94. The van der Waals surface area contributed by atoms with E-state index in [4.69, 9.17) is 23.2 Å². The first kappa shape index (κ1) is 19.7. The van der Waals surface area contributed by atoms with E-state index in [-0.39, 0.29) is 22.4 Å². The highest BCUT2D eigenvalue weighted by Gasteiger charge is 2.20. The fourth-order valence-electron chi connectivity index (χ4n) is 2.49. The third-order valence-electron chi connectivity index (χ3n) is 3.83. The van der Waals surface area contributed by atoms with Crippen LogP contribution in [-0.2, 0) is 4.79 Å². The minimum absolute atomic E-state index is 0.0271. The number of carbonyl (C=O) groups is 2. The normalized spacial score (nSPS) is 13.5. The Hall–Kier alpha value is -2.03. The van der Waals surface area contributed by atoms with Crippen LogP contribution < -0.4 is 15.8 Å². The molecule has 2 N–H and O–H groups in total. The quantitative estimate of drug-likeness (QED) is 0.565. The molecule has 2 amide bonds. The Labute approximate surface area is 170 Å². The van der Waals surface area contributed by atoms with Crippen molar-refractivity contribution in [3.63, 3.8) is 0 Å². The number of nitrogens with one attached hydrogen (secondary N) is 2. The zero-order valence-corrected chi connectivity index (χ0v) is 16.6. The lowest BCUT2D eigenvalue weighted by Crippen LogP contribution is -2.43. The molecule has 0 saturated carbocycles. The number of anilines is 1. The topological polar surface area (TPSA) is 87.2 Å². The Balaban J connectivity index is 1.53. The SMILES string of the molecule is O=C(CSc1ccc(Cl)cc1)NNC(=O)c1nc(N2CCCC2)ncc1Cl. The molecule has 1 aliphatic rings. The summed E-state index contributed by atoms with van der Waals surface area (Å²) in [6.45, 7) is 1.70. The fourth-order valence-corrected chi connectivity index (χ4v) is 3.49. The van der Waals surface area contributed by atoms with Crippen molar-refractivity contribution in [2.24, 2.45) is 0 Å². The molecule has 0 atom stereocenters. The third kappa shape index (κ3) is 5.47. The molecule has 1 aromatic carbocycles. The van der Waals surface area contributed by atoms with Gasteiger partial charge in [-0.15, -0.1) is 11.8 Å². The molecule has 3 rings (SSSR count). The van der Waals surface area contributed by atoms with Gasteiger partial charge >= 0.3 is 0 Å². The number of thioether (sulfide) groups is 1. The van der Waals surface area contributed by atoms with Crippen molar-refractivity contribution in [1.29, 1.82) is 0 Å². The minimum atomic E-state index is -0.590. The maximum Gasteiger partial charge on any atom is 0.290 e. The molecule has 27 heavy (non-hydrogen) atoms. The summed E-state index contributed by atoms with van der Waals surface area (Å²) in [5.41, 5.74) is 4.72. The highest BCUT2D eigenvalue weighted by molar-refractivity contribution is 8.00. The monoisotopic (exact) mass is 425 g/mol.